The lowest BCUT2D eigenvalue weighted by Crippen LogP contribution is -2.53. The van der Waals surface area contributed by atoms with Gasteiger partial charge in [0.2, 0.25) is 0 Å². The van der Waals surface area contributed by atoms with Crippen LogP contribution in [0.5, 0.6) is 0 Å². The van der Waals surface area contributed by atoms with Crippen molar-refractivity contribution in [3.8, 4) is 0 Å². The second-order valence-corrected chi connectivity index (χ2v) is 6.96. The second-order valence-electron chi connectivity index (χ2n) is 6.96. The largest absolute Gasteiger partial charge is 0.324 e. The minimum Gasteiger partial charge on any atom is -0.324 e. The molecule has 1 heterocycles. The van der Waals surface area contributed by atoms with E-state index in [-0.39, 0.29) is 6.04 Å². The molecule has 0 spiro atoms. The van der Waals surface area contributed by atoms with Crippen LogP contribution in [0.15, 0.2) is 24.3 Å². The summed E-state index contributed by atoms with van der Waals surface area (Å²) in [6.07, 6.45) is 0. The molecule has 0 aliphatic carbocycles. The first-order chi connectivity index (χ1) is 9.36. The number of benzene rings is 1. The van der Waals surface area contributed by atoms with Crippen LogP contribution in [0.3, 0.4) is 0 Å². The van der Waals surface area contributed by atoms with Gasteiger partial charge >= 0.3 is 0 Å². The minimum atomic E-state index is 0.124. The maximum atomic E-state index is 5.89. The van der Waals surface area contributed by atoms with Crippen molar-refractivity contribution in [1.82, 2.24) is 9.80 Å². The monoisotopic (exact) mass is 275 g/mol. The van der Waals surface area contributed by atoms with Crippen molar-refractivity contribution in [2.45, 2.75) is 45.8 Å². The summed E-state index contributed by atoms with van der Waals surface area (Å²) in [5.41, 5.74) is 8.79. The highest BCUT2D eigenvalue weighted by Gasteiger charge is 2.25. The Balaban J connectivity index is 1.86. The fraction of sp³-hybridized carbons (Fsp3) is 0.647. The first kappa shape index (κ1) is 15.5. The summed E-state index contributed by atoms with van der Waals surface area (Å²) in [6, 6.07) is 8.87. The van der Waals surface area contributed by atoms with Gasteiger partial charge in [-0.25, -0.2) is 0 Å². The molecule has 0 radical (unpaired) electrons. The number of rotatable bonds is 3. The summed E-state index contributed by atoms with van der Waals surface area (Å²) >= 11 is 0. The molecule has 0 unspecified atom stereocenters. The molecule has 1 atom stereocenters. The Bertz CT molecular complexity index is 409. The Morgan fingerprint density at radius 2 is 1.60 bits per heavy atom. The van der Waals surface area contributed by atoms with Crippen LogP contribution in [0.4, 0.5) is 0 Å². The molecule has 0 aromatic heterocycles. The van der Waals surface area contributed by atoms with Gasteiger partial charge in [-0.05, 0) is 38.8 Å². The number of nitrogens with zero attached hydrogens (tertiary/aromatic N) is 2. The van der Waals surface area contributed by atoms with Gasteiger partial charge in [0.05, 0.1) is 0 Å². The van der Waals surface area contributed by atoms with Crippen molar-refractivity contribution in [3.63, 3.8) is 0 Å². The van der Waals surface area contributed by atoms with Crippen molar-refractivity contribution in [2.24, 2.45) is 5.73 Å². The predicted molar refractivity (Wildman–Crippen MR) is 85.6 cm³/mol. The number of piperazine rings is 1. The van der Waals surface area contributed by atoms with Crippen LogP contribution >= 0.6 is 0 Å². The molecule has 1 saturated heterocycles. The molecule has 3 heteroatoms. The molecule has 1 aliphatic heterocycles. The molecule has 3 nitrogen and oxygen atoms in total. The van der Waals surface area contributed by atoms with Crippen molar-refractivity contribution in [3.05, 3.63) is 35.4 Å². The van der Waals surface area contributed by atoms with Gasteiger partial charge in [0.1, 0.15) is 0 Å². The fourth-order valence-electron chi connectivity index (χ4n) is 2.76. The SMILES string of the molecule is C[C@H](N)c1ccc(CN2CCN(C(C)(C)C)CC2)cc1. The van der Waals surface area contributed by atoms with E-state index in [1.807, 2.05) is 6.92 Å². The van der Waals surface area contributed by atoms with Crippen LogP contribution in [0.1, 0.15) is 44.9 Å². The molecule has 0 saturated carbocycles. The molecule has 20 heavy (non-hydrogen) atoms. The van der Waals surface area contributed by atoms with E-state index in [9.17, 15) is 0 Å². The third kappa shape index (κ3) is 4.05. The van der Waals surface area contributed by atoms with E-state index in [4.69, 9.17) is 5.73 Å². The summed E-state index contributed by atoms with van der Waals surface area (Å²) < 4.78 is 0. The number of nitrogens with two attached hydrogens (primary N) is 1. The van der Waals surface area contributed by atoms with Gasteiger partial charge in [-0.1, -0.05) is 24.3 Å². The van der Waals surface area contributed by atoms with Gasteiger partial charge in [-0.15, -0.1) is 0 Å². The van der Waals surface area contributed by atoms with Gasteiger partial charge in [0.25, 0.3) is 0 Å². The lowest BCUT2D eigenvalue weighted by molar-refractivity contribution is 0.0591. The van der Waals surface area contributed by atoms with E-state index in [1.165, 1.54) is 24.2 Å². The highest BCUT2D eigenvalue weighted by atomic mass is 15.3. The Kier molecular flexibility index (Phi) is 4.84. The van der Waals surface area contributed by atoms with Crippen LogP contribution in [0.25, 0.3) is 0 Å². The average molecular weight is 275 g/mol. The first-order valence-electron chi connectivity index (χ1n) is 7.68. The van der Waals surface area contributed by atoms with E-state index in [0.717, 1.165) is 19.6 Å². The van der Waals surface area contributed by atoms with E-state index >= 15 is 0 Å². The second kappa shape index (κ2) is 6.25. The predicted octanol–water partition coefficient (Wildman–Crippen LogP) is 2.62. The molecule has 0 amide bonds. The molecule has 1 aliphatic rings. The van der Waals surface area contributed by atoms with Crippen LogP contribution in [0.2, 0.25) is 0 Å². The third-order valence-electron chi connectivity index (χ3n) is 4.23. The molecule has 2 N–H and O–H groups in total. The van der Waals surface area contributed by atoms with Crippen molar-refractivity contribution < 1.29 is 0 Å². The van der Waals surface area contributed by atoms with Gasteiger partial charge in [0.15, 0.2) is 0 Å². The normalized spacial score (nSPS) is 20.1. The molecular weight excluding hydrogens is 246 g/mol. The molecule has 0 bridgehead atoms. The van der Waals surface area contributed by atoms with E-state index < -0.39 is 0 Å². The summed E-state index contributed by atoms with van der Waals surface area (Å²) in [5.74, 6) is 0. The Hall–Kier alpha value is -0.900. The fourth-order valence-corrected chi connectivity index (χ4v) is 2.76. The lowest BCUT2D eigenvalue weighted by Gasteiger charge is -2.42. The maximum absolute atomic E-state index is 5.89. The van der Waals surface area contributed by atoms with Crippen LogP contribution in [-0.4, -0.2) is 41.5 Å². The van der Waals surface area contributed by atoms with Gasteiger partial charge in [-0.2, -0.15) is 0 Å². The van der Waals surface area contributed by atoms with Crippen LogP contribution < -0.4 is 5.73 Å². The standard InChI is InChI=1S/C17H29N3/c1-14(18)16-7-5-15(6-8-16)13-19-9-11-20(12-10-19)17(2,3)4/h5-8,14H,9-13,18H2,1-4H3/t14-/m0/s1. The molecule has 1 fully saturated rings. The molecule has 112 valence electrons. The summed E-state index contributed by atoms with van der Waals surface area (Å²) in [5, 5.41) is 0. The Labute approximate surface area is 123 Å². The highest BCUT2D eigenvalue weighted by molar-refractivity contribution is 5.24. The van der Waals surface area contributed by atoms with Crippen LogP contribution in [0, 0.1) is 0 Å². The van der Waals surface area contributed by atoms with Crippen molar-refractivity contribution >= 4 is 0 Å². The number of hydrogen-bond acceptors (Lipinski definition) is 3. The zero-order chi connectivity index (χ0) is 14.8. The maximum Gasteiger partial charge on any atom is 0.0266 e. The lowest BCUT2D eigenvalue weighted by atomic mass is 10.0. The zero-order valence-corrected chi connectivity index (χ0v) is 13.4. The molecule has 2 rings (SSSR count). The van der Waals surface area contributed by atoms with Crippen molar-refractivity contribution in [2.75, 3.05) is 26.2 Å². The number of hydrogen-bond donors (Lipinski definition) is 1. The molecule has 1 aromatic carbocycles. The summed E-state index contributed by atoms with van der Waals surface area (Å²) in [7, 11) is 0. The van der Waals surface area contributed by atoms with Crippen LogP contribution in [-0.2, 0) is 6.54 Å². The average Bonchev–Trinajstić information content (AvgIpc) is 2.39. The smallest absolute Gasteiger partial charge is 0.0266 e. The quantitative estimate of drug-likeness (QED) is 0.920. The molecular formula is C17H29N3. The highest BCUT2D eigenvalue weighted by Crippen LogP contribution is 2.18. The Morgan fingerprint density at radius 1 is 1.05 bits per heavy atom. The van der Waals surface area contributed by atoms with E-state index in [1.54, 1.807) is 0 Å². The summed E-state index contributed by atoms with van der Waals surface area (Å²) in [6.45, 7) is 14.6. The third-order valence-corrected chi connectivity index (χ3v) is 4.23. The topological polar surface area (TPSA) is 32.5 Å². The summed E-state index contributed by atoms with van der Waals surface area (Å²) in [4.78, 5) is 5.12. The van der Waals surface area contributed by atoms with E-state index in [0.29, 0.717) is 5.54 Å². The van der Waals surface area contributed by atoms with Gasteiger partial charge in [-0.3, -0.25) is 9.80 Å². The zero-order valence-electron chi connectivity index (χ0n) is 13.4. The van der Waals surface area contributed by atoms with Crippen molar-refractivity contribution in [1.29, 1.82) is 0 Å². The van der Waals surface area contributed by atoms with E-state index in [2.05, 4.69) is 54.8 Å². The minimum absolute atomic E-state index is 0.124. The Morgan fingerprint density at radius 3 is 2.05 bits per heavy atom. The van der Waals surface area contributed by atoms with Gasteiger partial charge < -0.3 is 5.73 Å². The molecule has 1 aromatic rings. The first-order valence-corrected chi connectivity index (χ1v) is 7.68. The van der Waals surface area contributed by atoms with Gasteiger partial charge in [0, 0.05) is 44.3 Å².